The fourth-order valence-corrected chi connectivity index (χ4v) is 1.90. The molecule has 2 rings (SSSR count). The van der Waals surface area contributed by atoms with Crippen LogP contribution in [-0.2, 0) is 16.1 Å². The molecular weight excluding hydrogens is 309 g/mol. The van der Waals surface area contributed by atoms with E-state index in [1.54, 1.807) is 24.3 Å². The minimum atomic E-state index is -0.688. The van der Waals surface area contributed by atoms with Gasteiger partial charge < -0.3 is 9.47 Å². The van der Waals surface area contributed by atoms with E-state index in [9.17, 15) is 9.18 Å². The Kier molecular flexibility index (Phi) is 5.34. The molecule has 22 heavy (non-hydrogen) atoms. The van der Waals surface area contributed by atoms with Crippen molar-refractivity contribution >= 4 is 17.6 Å². The number of para-hydroxylation sites is 1. The molecule has 4 nitrogen and oxygen atoms in total. The van der Waals surface area contributed by atoms with E-state index in [1.165, 1.54) is 18.2 Å². The normalized spacial score (nSPS) is 9.86. The van der Waals surface area contributed by atoms with Gasteiger partial charge in [0.1, 0.15) is 24.2 Å². The van der Waals surface area contributed by atoms with Gasteiger partial charge in [-0.2, -0.15) is 5.26 Å². The van der Waals surface area contributed by atoms with Crippen molar-refractivity contribution in [2.45, 2.75) is 6.61 Å². The van der Waals surface area contributed by atoms with Crippen LogP contribution in [0.2, 0.25) is 5.02 Å². The minimum Gasteiger partial charge on any atom is -0.481 e. The summed E-state index contributed by atoms with van der Waals surface area (Å²) in [5.41, 5.74) is 0.419. The molecule has 0 bridgehead atoms. The SMILES string of the molecule is N#Cc1ccccc1OCC(=O)OCc1c(F)cccc1Cl. The van der Waals surface area contributed by atoms with Gasteiger partial charge in [0.15, 0.2) is 6.61 Å². The molecule has 0 spiro atoms. The summed E-state index contributed by atoms with van der Waals surface area (Å²) in [5, 5.41) is 9.08. The Labute approximate surface area is 131 Å². The summed E-state index contributed by atoms with van der Waals surface area (Å²) < 4.78 is 23.6. The lowest BCUT2D eigenvalue weighted by atomic mass is 10.2. The molecular formula is C16H11ClFNO3. The molecule has 0 radical (unpaired) electrons. The molecule has 0 saturated heterocycles. The Bertz CT molecular complexity index is 707. The van der Waals surface area contributed by atoms with Gasteiger partial charge in [0.2, 0.25) is 0 Å². The van der Waals surface area contributed by atoms with E-state index in [2.05, 4.69) is 0 Å². The molecule has 2 aromatic rings. The number of halogens is 2. The summed E-state index contributed by atoms with van der Waals surface area (Å²) in [7, 11) is 0. The Morgan fingerprint density at radius 2 is 2.00 bits per heavy atom. The summed E-state index contributed by atoms with van der Waals surface area (Å²) >= 11 is 5.83. The molecule has 0 aliphatic heterocycles. The maximum absolute atomic E-state index is 13.5. The summed E-state index contributed by atoms with van der Waals surface area (Å²) in [5.74, 6) is -0.950. The molecule has 0 atom stereocenters. The number of carbonyl (C=O) groups excluding carboxylic acids is 1. The van der Waals surface area contributed by atoms with Crippen molar-refractivity contribution < 1.29 is 18.7 Å². The van der Waals surface area contributed by atoms with Crippen LogP contribution in [0.4, 0.5) is 4.39 Å². The number of hydrogen-bond donors (Lipinski definition) is 0. The van der Waals surface area contributed by atoms with Crippen LogP contribution in [0.25, 0.3) is 0 Å². The second kappa shape index (κ2) is 7.43. The second-order valence-corrected chi connectivity index (χ2v) is 4.66. The fourth-order valence-electron chi connectivity index (χ4n) is 1.69. The molecule has 0 N–H and O–H groups in total. The monoisotopic (exact) mass is 319 g/mol. The number of nitriles is 1. The number of benzene rings is 2. The van der Waals surface area contributed by atoms with Gasteiger partial charge in [0.25, 0.3) is 0 Å². The highest BCUT2D eigenvalue weighted by atomic mass is 35.5. The van der Waals surface area contributed by atoms with Crippen LogP contribution in [0.5, 0.6) is 5.75 Å². The van der Waals surface area contributed by atoms with Crippen molar-refractivity contribution in [1.29, 1.82) is 5.26 Å². The van der Waals surface area contributed by atoms with Crippen LogP contribution in [0.1, 0.15) is 11.1 Å². The van der Waals surface area contributed by atoms with Gasteiger partial charge in [-0.1, -0.05) is 29.8 Å². The molecule has 0 aliphatic rings. The fraction of sp³-hybridized carbons (Fsp3) is 0.125. The predicted molar refractivity (Wildman–Crippen MR) is 77.9 cm³/mol. The van der Waals surface area contributed by atoms with Crippen LogP contribution in [0.15, 0.2) is 42.5 Å². The van der Waals surface area contributed by atoms with Gasteiger partial charge in [-0.05, 0) is 24.3 Å². The molecule has 0 aliphatic carbocycles. The standard InChI is InChI=1S/C16H11ClFNO3/c17-13-5-3-6-14(18)12(13)9-22-16(20)10-21-15-7-2-1-4-11(15)8-19/h1-7H,9-10H2. The Hall–Kier alpha value is -2.58. The van der Waals surface area contributed by atoms with E-state index in [0.29, 0.717) is 5.56 Å². The van der Waals surface area contributed by atoms with Gasteiger partial charge in [-0.3, -0.25) is 0 Å². The first-order valence-corrected chi connectivity index (χ1v) is 6.70. The predicted octanol–water partition coefficient (Wildman–Crippen LogP) is 3.47. The van der Waals surface area contributed by atoms with Crippen LogP contribution >= 0.6 is 11.6 Å². The Balaban J connectivity index is 1.90. The summed E-state index contributed by atoms with van der Waals surface area (Å²) in [6, 6.07) is 12.7. The Morgan fingerprint density at radius 1 is 1.23 bits per heavy atom. The highest BCUT2D eigenvalue weighted by molar-refractivity contribution is 6.31. The van der Waals surface area contributed by atoms with Crippen LogP contribution in [-0.4, -0.2) is 12.6 Å². The smallest absolute Gasteiger partial charge is 0.344 e. The highest BCUT2D eigenvalue weighted by Gasteiger charge is 2.11. The average molecular weight is 320 g/mol. The van der Waals surface area contributed by atoms with Crippen molar-refractivity contribution in [1.82, 2.24) is 0 Å². The lowest BCUT2D eigenvalue weighted by Gasteiger charge is -2.09. The van der Waals surface area contributed by atoms with E-state index in [-0.39, 0.29) is 29.5 Å². The van der Waals surface area contributed by atoms with Gasteiger partial charge in [0.05, 0.1) is 10.6 Å². The van der Waals surface area contributed by atoms with Crippen molar-refractivity contribution in [2.24, 2.45) is 0 Å². The first kappa shape index (κ1) is 15.8. The maximum Gasteiger partial charge on any atom is 0.344 e. The first-order chi connectivity index (χ1) is 10.6. The molecule has 6 heteroatoms. The molecule has 112 valence electrons. The number of rotatable bonds is 5. The van der Waals surface area contributed by atoms with Crippen LogP contribution in [0, 0.1) is 17.1 Å². The lowest BCUT2D eigenvalue weighted by molar-refractivity contribution is -0.147. The third-order valence-corrected chi connectivity index (χ3v) is 3.15. The third kappa shape index (κ3) is 3.96. The van der Waals surface area contributed by atoms with Gasteiger partial charge in [-0.15, -0.1) is 0 Å². The van der Waals surface area contributed by atoms with E-state index in [1.807, 2.05) is 6.07 Å². The van der Waals surface area contributed by atoms with Crippen molar-refractivity contribution in [3.63, 3.8) is 0 Å². The quantitative estimate of drug-likeness (QED) is 0.792. The molecule has 0 saturated carbocycles. The summed E-state index contributed by atoms with van der Waals surface area (Å²) in [6.45, 7) is -0.668. The number of nitrogens with zero attached hydrogens (tertiary/aromatic N) is 1. The molecule has 0 unspecified atom stereocenters. The van der Waals surface area contributed by atoms with Gasteiger partial charge >= 0.3 is 5.97 Å². The zero-order chi connectivity index (χ0) is 15.9. The van der Waals surface area contributed by atoms with Gasteiger partial charge in [-0.25, -0.2) is 9.18 Å². The van der Waals surface area contributed by atoms with Crippen LogP contribution in [0.3, 0.4) is 0 Å². The topological polar surface area (TPSA) is 59.3 Å². The van der Waals surface area contributed by atoms with E-state index >= 15 is 0 Å². The lowest BCUT2D eigenvalue weighted by Crippen LogP contribution is -2.15. The largest absolute Gasteiger partial charge is 0.481 e. The molecule has 2 aromatic carbocycles. The maximum atomic E-state index is 13.5. The number of ether oxygens (including phenoxy) is 2. The van der Waals surface area contributed by atoms with Crippen molar-refractivity contribution in [2.75, 3.05) is 6.61 Å². The highest BCUT2D eigenvalue weighted by Crippen LogP contribution is 2.20. The first-order valence-electron chi connectivity index (χ1n) is 6.32. The van der Waals surface area contributed by atoms with Crippen molar-refractivity contribution in [3.05, 3.63) is 64.4 Å². The van der Waals surface area contributed by atoms with Crippen molar-refractivity contribution in [3.8, 4) is 11.8 Å². The number of hydrogen-bond acceptors (Lipinski definition) is 4. The summed E-state index contributed by atoms with van der Waals surface area (Å²) in [6.07, 6.45) is 0. The number of carbonyl (C=O) groups is 1. The zero-order valence-electron chi connectivity index (χ0n) is 11.4. The third-order valence-electron chi connectivity index (χ3n) is 2.79. The summed E-state index contributed by atoms with van der Waals surface area (Å²) in [4.78, 5) is 11.6. The zero-order valence-corrected chi connectivity index (χ0v) is 12.1. The molecule has 0 heterocycles. The molecule has 0 aromatic heterocycles. The molecule has 0 amide bonds. The molecule has 0 fully saturated rings. The average Bonchev–Trinajstić information content (AvgIpc) is 2.52. The van der Waals surface area contributed by atoms with Crippen LogP contribution < -0.4 is 4.74 Å². The number of esters is 1. The van der Waals surface area contributed by atoms with E-state index < -0.39 is 11.8 Å². The minimum absolute atomic E-state index is 0.106. The van der Waals surface area contributed by atoms with E-state index in [4.69, 9.17) is 26.3 Å². The Morgan fingerprint density at radius 3 is 2.73 bits per heavy atom. The van der Waals surface area contributed by atoms with Gasteiger partial charge in [0, 0.05) is 5.56 Å². The second-order valence-electron chi connectivity index (χ2n) is 4.26. The van der Waals surface area contributed by atoms with E-state index in [0.717, 1.165) is 0 Å².